The fraction of sp³-hybridized carbons (Fsp3) is 0.0500. The first-order valence-electron chi connectivity index (χ1n) is 8.15. The van der Waals surface area contributed by atoms with E-state index in [2.05, 4.69) is 10.4 Å². The van der Waals surface area contributed by atoms with Gasteiger partial charge in [-0.25, -0.2) is 9.48 Å². The Morgan fingerprint density at radius 3 is 2.65 bits per heavy atom. The molecule has 1 amide bonds. The molecular formula is C20H16ClN3O2. The van der Waals surface area contributed by atoms with Gasteiger partial charge in [0.1, 0.15) is 11.5 Å². The van der Waals surface area contributed by atoms with Crippen molar-refractivity contribution >= 4 is 28.7 Å². The topological polar surface area (TPSA) is 59.0 Å². The molecule has 0 aliphatic rings. The van der Waals surface area contributed by atoms with Crippen LogP contribution in [0.25, 0.3) is 11.0 Å². The van der Waals surface area contributed by atoms with Crippen molar-refractivity contribution in [2.45, 2.75) is 6.54 Å². The molecule has 0 spiro atoms. The van der Waals surface area contributed by atoms with E-state index >= 15 is 0 Å². The number of aromatic nitrogens is 2. The minimum Gasteiger partial charge on any atom is -0.457 e. The van der Waals surface area contributed by atoms with Crippen molar-refractivity contribution in [1.82, 2.24) is 15.1 Å². The number of para-hydroxylation sites is 1. The second-order valence-corrected chi connectivity index (χ2v) is 6.27. The van der Waals surface area contributed by atoms with E-state index in [0.717, 1.165) is 22.3 Å². The van der Waals surface area contributed by atoms with Gasteiger partial charge in [0.05, 0.1) is 11.0 Å². The zero-order valence-corrected chi connectivity index (χ0v) is 14.5. The van der Waals surface area contributed by atoms with Crippen LogP contribution in [0.5, 0.6) is 11.5 Å². The lowest BCUT2D eigenvalue weighted by atomic mass is 10.2. The summed E-state index contributed by atoms with van der Waals surface area (Å²) in [5, 5.41) is 6.51. The standard InChI is InChI=1S/C20H16ClN3O2/c21-15-6-4-5-14(11-15)13-22-20(25)24-19-12-17(9-10-18(19)23-24)26-16-7-2-1-3-8-16/h1-12,23H,13H2,(H,22,25). The van der Waals surface area contributed by atoms with Gasteiger partial charge in [0.25, 0.3) is 0 Å². The molecule has 2 N–H and O–H groups in total. The van der Waals surface area contributed by atoms with Gasteiger partial charge in [-0.05, 0) is 42.0 Å². The Morgan fingerprint density at radius 1 is 1.00 bits per heavy atom. The van der Waals surface area contributed by atoms with Crippen molar-refractivity contribution in [3.63, 3.8) is 0 Å². The van der Waals surface area contributed by atoms with Crippen LogP contribution in [0.3, 0.4) is 0 Å². The molecule has 0 saturated heterocycles. The summed E-state index contributed by atoms with van der Waals surface area (Å²) in [6.45, 7) is 0.396. The fourth-order valence-electron chi connectivity index (χ4n) is 2.67. The highest BCUT2D eigenvalue weighted by Gasteiger charge is 2.13. The van der Waals surface area contributed by atoms with Gasteiger partial charge in [-0.15, -0.1) is 0 Å². The Hall–Kier alpha value is -3.18. The number of amides is 1. The van der Waals surface area contributed by atoms with E-state index in [1.807, 2.05) is 66.7 Å². The number of rotatable bonds is 4. The molecule has 0 radical (unpaired) electrons. The van der Waals surface area contributed by atoms with Crippen molar-refractivity contribution in [3.8, 4) is 11.5 Å². The first-order valence-corrected chi connectivity index (χ1v) is 8.53. The number of nitrogens with one attached hydrogen (secondary N) is 2. The number of ether oxygens (including phenoxy) is 1. The van der Waals surface area contributed by atoms with Crippen molar-refractivity contribution in [2.24, 2.45) is 0 Å². The number of fused-ring (bicyclic) bond motifs is 1. The summed E-state index contributed by atoms with van der Waals surface area (Å²) in [7, 11) is 0. The Kier molecular flexibility index (Phi) is 4.37. The molecular weight excluding hydrogens is 350 g/mol. The van der Waals surface area contributed by atoms with Crippen LogP contribution >= 0.6 is 11.6 Å². The second kappa shape index (κ2) is 6.98. The van der Waals surface area contributed by atoms with Crippen molar-refractivity contribution in [3.05, 3.63) is 83.4 Å². The predicted octanol–water partition coefficient (Wildman–Crippen LogP) is 5.17. The van der Waals surface area contributed by atoms with Crippen LogP contribution in [0.15, 0.2) is 72.8 Å². The summed E-state index contributed by atoms with van der Waals surface area (Å²) in [4.78, 5) is 12.4. The molecule has 0 fully saturated rings. The maximum Gasteiger partial charge on any atom is 0.341 e. The average Bonchev–Trinajstić information content (AvgIpc) is 2.63. The summed E-state index contributed by atoms with van der Waals surface area (Å²) < 4.78 is 7.27. The minimum atomic E-state index is -0.241. The SMILES string of the molecule is O=C(NCc1cccc(Cl)c1)n1[nH]c2ccc(Oc3ccccc3)cc21. The second-order valence-electron chi connectivity index (χ2n) is 5.83. The Labute approximate surface area is 155 Å². The van der Waals surface area contributed by atoms with E-state index in [1.165, 1.54) is 4.68 Å². The van der Waals surface area contributed by atoms with Gasteiger partial charge in [0.2, 0.25) is 0 Å². The maximum atomic E-state index is 12.4. The van der Waals surface area contributed by atoms with Crippen LogP contribution in [-0.2, 0) is 6.54 Å². The summed E-state index contributed by atoms with van der Waals surface area (Å²) in [6.07, 6.45) is 0. The summed E-state index contributed by atoms with van der Waals surface area (Å²) in [6, 6.07) is 22.2. The van der Waals surface area contributed by atoms with E-state index in [1.54, 1.807) is 6.07 Å². The number of hydrogen-bond acceptors (Lipinski definition) is 2. The molecule has 6 heteroatoms. The van der Waals surface area contributed by atoms with Crippen LogP contribution < -0.4 is 10.1 Å². The maximum absolute atomic E-state index is 12.4. The van der Waals surface area contributed by atoms with Gasteiger partial charge in [-0.1, -0.05) is 41.9 Å². The molecule has 4 aromatic rings. The molecule has 0 bridgehead atoms. The van der Waals surface area contributed by atoms with E-state index in [-0.39, 0.29) is 6.03 Å². The molecule has 5 nitrogen and oxygen atoms in total. The lowest BCUT2D eigenvalue weighted by Crippen LogP contribution is -2.32. The highest BCUT2D eigenvalue weighted by molar-refractivity contribution is 6.30. The van der Waals surface area contributed by atoms with Gasteiger partial charge in [0, 0.05) is 17.6 Å². The third-order valence-electron chi connectivity index (χ3n) is 3.96. The molecule has 0 atom stereocenters. The molecule has 0 aliphatic carbocycles. The van der Waals surface area contributed by atoms with Gasteiger partial charge < -0.3 is 10.1 Å². The smallest absolute Gasteiger partial charge is 0.341 e. The van der Waals surface area contributed by atoms with Crippen LogP contribution in [0.4, 0.5) is 4.79 Å². The zero-order chi connectivity index (χ0) is 17.9. The number of halogens is 1. The van der Waals surface area contributed by atoms with E-state index < -0.39 is 0 Å². The molecule has 0 saturated carbocycles. The Morgan fingerprint density at radius 2 is 1.85 bits per heavy atom. The Bertz CT molecular complexity index is 1050. The molecule has 0 aliphatic heterocycles. The lowest BCUT2D eigenvalue weighted by molar-refractivity contribution is 0.239. The highest BCUT2D eigenvalue weighted by atomic mass is 35.5. The third kappa shape index (κ3) is 3.43. The molecule has 130 valence electrons. The number of benzene rings is 3. The van der Waals surface area contributed by atoms with Crippen molar-refractivity contribution in [1.29, 1.82) is 0 Å². The lowest BCUT2D eigenvalue weighted by Gasteiger charge is -2.17. The summed E-state index contributed by atoms with van der Waals surface area (Å²) in [5.41, 5.74) is 2.58. The quantitative estimate of drug-likeness (QED) is 0.524. The van der Waals surface area contributed by atoms with Crippen LogP contribution in [0.2, 0.25) is 5.02 Å². The van der Waals surface area contributed by atoms with Crippen molar-refractivity contribution < 1.29 is 9.53 Å². The largest absolute Gasteiger partial charge is 0.457 e. The van der Waals surface area contributed by atoms with E-state index in [0.29, 0.717) is 17.3 Å². The van der Waals surface area contributed by atoms with Gasteiger partial charge in [0.15, 0.2) is 0 Å². The predicted molar refractivity (Wildman–Crippen MR) is 102 cm³/mol. The molecule has 1 heterocycles. The first kappa shape index (κ1) is 16.3. The Balaban J connectivity index is 1.48. The van der Waals surface area contributed by atoms with Crippen LogP contribution in [0.1, 0.15) is 5.56 Å². The monoisotopic (exact) mass is 365 g/mol. The number of carbonyl (C=O) groups is 1. The number of carbonyl (C=O) groups excluding carboxylic acids is 1. The van der Waals surface area contributed by atoms with Gasteiger partial charge in [-0.2, -0.15) is 0 Å². The van der Waals surface area contributed by atoms with E-state index in [4.69, 9.17) is 16.3 Å². The molecule has 3 aromatic carbocycles. The third-order valence-corrected chi connectivity index (χ3v) is 4.19. The van der Waals surface area contributed by atoms with E-state index in [9.17, 15) is 4.79 Å². The fourth-order valence-corrected chi connectivity index (χ4v) is 2.88. The number of nitrogens with zero attached hydrogens (tertiary/aromatic N) is 1. The number of aromatic amines is 1. The highest BCUT2D eigenvalue weighted by Crippen LogP contribution is 2.26. The number of hydrogen-bond donors (Lipinski definition) is 2. The molecule has 1 aromatic heterocycles. The van der Waals surface area contributed by atoms with Crippen molar-refractivity contribution in [2.75, 3.05) is 0 Å². The zero-order valence-electron chi connectivity index (χ0n) is 13.8. The van der Waals surface area contributed by atoms with Gasteiger partial charge in [-0.3, -0.25) is 5.10 Å². The first-order chi connectivity index (χ1) is 12.7. The van der Waals surface area contributed by atoms with Crippen LogP contribution in [0, 0.1) is 0 Å². The molecule has 0 unspecified atom stereocenters. The number of H-pyrrole nitrogens is 1. The minimum absolute atomic E-state index is 0.241. The molecule has 26 heavy (non-hydrogen) atoms. The normalized spacial score (nSPS) is 10.8. The molecule has 4 rings (SSSR count). The van der Waals surface area contributed by atoms with Gasteiger partial charge >= 0.3 is 6.03 Å². The van der Waals surface area contributed by atoms with Crippen LogP contribution in [-0.4, -0.2) is 15.8 Å². The average molecular weight is 366 g/mol. The summed E-state index contributed by atoms with van der Waals surface area (Å²) in [5.74, 6) is 1.42. The summed E-state index contributed by atoms with van der Waals surface area (Å²) >= 11 is 5.96.